The Kier molecular flexibility index (Phi) is 5.07. The highest BCUT2D eigenvalue weighted by Gasteiger charge is 2.19. The van der Waals surface area contributed by atoms with Gasteiger partial charge in [0.2, 0.25) is 0 Å². The summed E-state index contributed by atoms with van der Waals surface area (Å²) < 4.78 is 7.73. The van der Waals surface area contributed by atoms with Crippen LogP contribution in [0.2, 0.25) is 0 Å². The van der Waals surface area contributed by atoms with Crippen LogP contribution in [0.3, 0.4) is 0 Å². The summed E-state index contributed by atoms with van der Waals surface area (Å²) in [7, 11) is 0. The van der Waals surface area contributed by atoms with Crippen molar-refractivity contribution in [2.45, 2.75) is 20.0 Å². The van der Waals surface area contributed by atoms with Crippen molar-refractivity contribution in [1.29, 1.82) is 0 Å². The van der Waals surface area contributed by atoms with Crippen molar-refractivity contribution >= 4 is 28.6 Å². The van der Waals surface area contributed by atoms with E-state index in [1.54, 1.807) is 11.6 Å². The van der Waals surface area contributed by atoms with Crippen LogP contribution in [0.5, 0.6) is 0 Å². The number of hydrogen-bond donors (Lipinski definition) is 1. The van der Waals surface area contributed by atoms with E-state index in [-0.39, 0.29) is 12.2 Å². The first-order chi connectivity index (χ1) is 9.65. The third-order valence-corrected chi connectivity index (χ3v) is 3.46. The van der Waals surface area contributed by atoms with Crippen molar-refractivity contribution in [2.24, 2.45) is 5.73 Å². The number of carbonyl (C=O) groups is 1. The third kappa shape index (κ3) is 3.34. The fourth-order valence-electron chi connectivity index (χ4n) is 1.78. The van der Waals surface area contributed by atoms with Gasteiger partial charge in [0.05, 0.1) is 18.8 Å². The number of aromatic nitrogens is 3. The normalized spacial score (nSPS) is 10.6. The molecule has 1 aromatic heterocycles. The first-order valence-corrected chi connectivity index (χ1v) is 7.27. The minimum absolute atomic E-state index is 0.186. The zero-order valence-corrected chi connectivity index (χ0v) is 13.2. The Morgan fingerprint density at radius 1 is 1.40 bits per heavy atom. The molecule has 0 fully saturated rings. The van der Waals surface area contributed by atoms with Gasteiger partial charge >= 0.3 is 5.97 Å². The Labute approximate surface area is 130 Å². The standard InChI is InChI=1S/C13H15IN4O2/c1-2-20-13(19)12-11(7-15)18(17-16-12)8-9-3-5-10(14)6-4-9/h3-6H,2,7-8,15H2,1H3. The first-order valence-electron chi connectivity index (χ1n) is 6.19. The second-order valence-electron chi connectivity index (χ2n) is 4.09. The molecule has 2 rings (SSSR count). The molecule has 0 aliphatic carbocycles. The van der Waals surface area contributed by atoms with Crippen LogP contribution in [0, 0.1) is 3.57 Å². The van der Waals surface area contributed by atoms with Crippen LogP contribution in [-0.2, 0) is 17.8 Å². The van der Waals surface area contributed by atoms with Gasteiger partial charge in [0.1, 0.15) is 0 Å². The molecular formula is C13H15IN4O2. The lowest BCUT2D eigenvalue weighted by Gasteiger charge is -2.06. The fourth-order valence-corrected chi connectivity index (χ4v) is 2.14. The molecule has 0 spiro atoms. The van der Waals surface area contributed by atoms with Crippen molar-refractivity contribution < 1.29 is 9.53 Å². The number of esters is 1. The summed E-state index contributed by atoms with van der Waals surface area (Å²) in [6, 6.07) is 8.05. The maximum atomic E-state index is 11.7. The highest BCUT2D eigenvalue weighted by molar-refractivity contribution is 14.1. The van der Waals surface area contributed by atoms with Gasteiger partial charge in [-0.1, -0.05) is 17.3 Å². The molecular weight excluding hydrogens is 371 g/mol. The van der Waals surface area contributed by atoms with Crippen molar-refractivity contribution in [2.75, 3.05) is 6.61 Å². The lowest BCUT2D eigenvalue weighted by Crippen LogP contribution is -2.14. The average molecular weight is 386 g/mol. The summed E-state index contributed by atoms with van der Waals surface area (Å²) >= 11 is 2.25. The monoisotopic (exact) mass is 386 g/mol. The predicted molar refractivity (Wildman–Crippen MR) is 82.1 cm³/mol. The second-order valence-corrected chi connectivity index (χ2v) is 5.34. The molecule has 20 heavy (non-hydrogen) atoms. The van der Waals surface area contributed by atoms with Crippen molar-refractivity contribution in [3.63, 3.8) is 0 Å². The second kappa shape index (κ2) is 6.80. The highest BCUT2D eigenvalue weighted by atomic mass is 127. The van der Waals surface area contributed by atoms with E-state index in [9.17, 15) is 4.79 Å². The Morgan fingerprint density at radius 2 is 2.10 bits per heavy atom. The number of benzene rings is 1. The quantitative estimate of drug-likeness (QED) is 0.623. The van der Waals surface area contributed by atoms with Gasteiger partial charge in [-0.25, -0.2) is 9.48 Å². The van der Waals surface area contributed by atoms with Gasteiger partial charge in [0.25, 0.3) is 0 Å². The van der Waals surface area contributed by atoms with E-state index in [1.165, 1.54) is 0 Å². The summed E-state index contributed by atoms with van der Waals surface area (Å²) in [5, 5.41) is 7.87. The maximum absolute atomic E-state index is 11.7. The fraction of sp³-hybridized carbons (Fsp3) is 0.308. The molecule has 1 aromatic carbocycles. The number of ether oxygens (including phenoxy) is 1. The molecule has 0 unspecified atom stereocenters. The van der Waals surface area contributed by atoms with Crippen LogP contribution in [0.4, 0.5) is 0 Å². The van der Waals surface area contributed by atoms with Gasteiger partial charge in [-0.3, -0.25) is 0 Å². The molecule has 0 aliphatic heterocycles. The topological polar surface area (TPSA) is 83.0 Å². The zero-order valence-electron chi connectivity index (χ0n) is 11.0. The predicted octanol–water partition coefficient (Wildman–Crippen LogP) is 1.57. The van der Waals surface area contributed by atoms with Crippen LogP contribution in [0.1, 0.15) is 28.7 Å². The Bertz CT molecular complexity index is 595. The molecule has 7 heteroatoms. The van der Waals surface area contributed by atoms with Crippen molar-refractivity contribution in [3.05, 3.63) is 44.8 Å². The molecule has 2 aromatic rings. The highest BCUT2D eigenvalue weighted by Crippen LogP contribution is 2.11. The molecule has 0 saturated carbocycles. The van der Waals surface area contributed by atoms with Crippen molar-refractivity contribution in [3.8, 4) is 0 Å². The molecule has 0 amide bonds. The van der Waals surface area contributed by atoms with Gasteiger partial charge in [-0.05, 0) is 47.2 Å². The van der Waals surface area contributed by atoms with E-state index < -0.39 is 5.97 Å². The molecule has 0 saturated heterocycles. The minimum Gasteiger partial charge on any atom is -0.461 e. The Morgan fingerprint density at radius 3 is 2.70 bits per heavy atom. The maximum Gasteiger partial charge on any atom is 0.360 e. The summed E-state index contributed by atoms with van der Waals surface area (Å²) in [5.41, 5.74) is 7.55. The van der Waals surface area contributed by atoms with Crippen LogP contribution >= 0.6 is 22.6 Å². The van der Waals surface area contributed by atoms with Gasteiger partial charge in [0, 0.05) is 10.1 Å². The average Bonchev–Trinajstić information content (AvgIpc) is 2.84. The Hall–Kier alpha value is -1.48. The molecule has 0 atom stereocenters. The summed E-state index contributed by atoms with van der Waals surface area (Å²) in [6.45, 7) is 2.75. The van der Waals surface area contributed by atoms with Crippen LogP contribution in [-0.4, -0.2) is 27.6 Å². The summed E-state index contributed by atoms with van der Waals surface area (Å²) in [4.78, 5) is 11.7. The largest absolute Gasteiger partial charge is 0.461 e. The molecule has 0 bridgehead atoms. The van der Waals surface area contributed by atoms with E-state index in [2.05, 4.69) is 32.9 Å². The zero-order chi connectivity index (χ0) is 14.5. The Balaban J connectivity index is 2.24. The van der Waals surface area contributed by atoms with Gasteiger partial charge in [0.15, 0.2) is 5.69 Å². The van der Waals surface area contributed by atoms with E-state index >= 15 is 0 Å². The molecule has 106 valence electrons. The third-order valence-electron chi connectivity index (χ3n) is 2.75. The van der Waals surface area contributed by atoms with Gasteiger partial charge < -0.3 is 10.5 Å². The number of carbonyl (C=O) groups excluding carboxylic acids is 1. The van der Waals surface area contributed by atoms with Crippen LogP contribution < -0.4 is 5.73 Å². The number of hydrogen-bond acceptors (Lipinski definition) is 5. The van der Waals surface area contributed by atoms with Gasteiger partial charge in [-0.2, -0.15) is 0 Å². The number of halogens is 1. The van der Waals surface area contributed by atoms with E-state index in [4.69, 9.17) is 10.5 Å². The van der Waals surface area contributed by atoms with Crippen LogP contribution in [0.15, 0.2) is 24.3 Å². The number of nitrogens with zero attached hydrogens (tertiary/aromatic N) is 3. The van der Waals surface area contributed by atoms with E-state index in [0.29, 0.717) is 18.8 Å². The lowest BCUT2D eigenvalue weighted by molar-refractivity contribution is 0.0518. The number of nitrogens with two attached hydrogens (primary N) is 1. The van der Waals surface area contributed by atoms with E-state index in [1.807, 2.05) is 24.3 Å². The molecule has 1 heterocycles. The number of rotatable bonds is 5. The molecule has 6 nitrogen and oxygen atoms in total. The molecule has 0 aliphatic rings. The molecule has 2 N–H and O–H groups in total. The first kappa shape index (κ1) is 14.9. The minimum atomic E-state index is -0.484. The van der Waals surface area contributed by atoms with Crippen LogP contribution in [0.25, 0.3) is 0 Å². The van der Waals surface area contributed by atoms with Crippen molar-refractivity contribution in [1.82, 2.24) is 15.0 Å². The molecule has 0 radical (unpaired) electrons. The summed E-state index contributed by atoms with van der Waals surface area (Å²) in [6.07, 6.45) is 0. The van der Waals surface area contributed by atoms with E-state index in [0.717, 1.165) is 9.13 Å². The SMILES string of the molecule is CCOC(=O)c1nnn(Cc2ccc(I)cc2)c1CN. The smallest absolute Gasteiger partial charge is 0.360 e. The lowest BCUT2D eigenvalue weighted by atomic mass is 10.2. The summed E-state index contributed by atoms with van der Waals surface area (Å²) in [5.74, 6) is -0.484. The van der Waals surface area contributed by atoms with Gasteiger partial charge in [-0.15, -0.1) is 5.10 Å².